The molecule has 1 saturated carbocycles. The Morgan fingerprint density at radius 1 is 1.05 bits per heavy atom. The molecule has 0 radical (unpaired) electrons. The molecule has 2 amide bonds. The van der Waals surface area contributed by atoms with E-state index in [4.69, 9.17) is 22.2 Å². The first-order valence-electron chi connectivity index (χ1n) is 12.7. The van der Waals surface area contributed by atoms with Gasteiger partial charge in [-0.05, 0) is 43.5 Å². The highest BCUT2D eigenvalue weighted by molar-refractivity contribution is 6.32. The van der Waals surface area contributed by atoms with E-state index in [9.17, 15) is 9.59 Å². The van der Waals surface area contributed by atoms with Crippen molar-refractivity contribution in [3.63, 3.8) is 0 Å². The van der Waals surface area contributed by atoms with Crippen molar-refractivity contribution in [1.82, 2.24) is 15.0 Å². The van der Waals surface area contributed by atoms with Gasteiger partial charge in [0.15, 0.2) is 0 Å². The summed E-state index contributed by atoms with van der Waals surface area (Å²) in [5.41, 5.74) is 6.55. The van der Waals surface area contributed by atoms with Gasteiger partial charge in [-0.2, -0.15) is 0 Å². The topological polar surface area (TPSA) is 132 Å². The van der Waals surface area contributed by atoms with Crippen molar-refractivity contribution in [3.05, 3.63) is 41.8 Å². The first-order chi connectivity index (χ1) is 17.9. The number of carbonyl (C=O) groups is 2. The molecule has 1 aliphatic heterocycles. The lowest BCUT2D eigenvalue weighted by molar-refractivity contribution is -1.02. The maximum Gasteiger partial charge on any atom is 0.357 e. The van der Waals surface area contributed by atoms with E-state index < -0.39 is 5.91 Å². The average molecular weight is 525 g/mol. The highest BCUT2D eigenvalue weighted by Crippen LogP contribution is 2.36. The molecule has 2 fully saturated rings. The van der Waals surface area contributed by atoms with Crippen LogP contribution in [-0.2, 0) is 9.59 Å². The highest BCUT2D eigenvalue weighted by atomic mass is 35.5. The quantitative estimate of drug-likeness (QED) is 0.371. The number of benzene rings is 1. The third-order valence-electron chi connectivity index (χ3n) is 7.08. The van der Waals surface area contributed by atoms with Crippen LogP contribution in [0.5, 0.6) is 5.75 Å². The Bertz CT molecular complexity index is 1310. The van der Waals surface area contributed by atoms with Gasteiger partial charge in [0.05, 0.1) is 29.2 Å². The van der Waals surface area contributed by atoms with Crippen LogP contribution in [0.25, 0.3) is 10.9 Å². The summed E-state index contributed by atoms with van der Waals surface area (Å²) in [6.45, 7) is 1.33. The Balaban J connectivity index is 1.37. The average Bonchev–Trinajstić information content (AvgIpc) is 3.44. The number of nitrogens with two attached hydrogens (primary N) is 1. The standard InChI is InChI=1S/C26H30ClN7O3/c27-20-12-18(33-25-19-13-24(30-15-23(28)35)29-14-21(19)31-16-32-25)8-9-22(20)37-34(10-4-1-5-11-34)26(36)17-6-2-3-7-17/h8-9,12-14,16-17H,1-7,10-11,15H2,(H3-,28,29,30,31,32,33,35)/p+1. The van der Waals surface area contributed by atoms with E-state index in [2.05, 4.69) is 25.6 Å². The van der Waals surface area contributed by atoms with Crippen LogP contribution in [0.3, 0.4) is 0 Å². The predicted octanol–water partition coefficient (Wildman–Crippen LogP) is 4.33. The van der Waals surface area contributed by atoms with E-state index >= 15 is 0 Å². The number of likely N-dealkylation sites (tertiary alicyclic amines) is 1. The molecule has 0 unspecified atom stereocenters. The Hall–Kier alpha value is -3.50. The number of hydrogen-bond acceptors (Lipinski definition) is 8. The van der Waals surface area contributed by atoms with Gasteiger partial charge in [-0.15, -0.1) is 0 Å². The molecule has 194 valence electrons. The summed E-state index contributed by atoms with van der Waals surface area (Å²) >= 11 is 6.67. The van der Waals surface area contributed by atoms with Crippen molar-refractivity contribution in [3.8, 4) is 5.75 Å². The van der Waals surface area contributed by atoms with E-state index in [1.807, 2.05) is 6.07 Å². The van der Waals surface area contributed by atoms with Crippen LogP contribution in [0.1, 0.15) is 44.9 Å². The zero-order valence-electron chi connectivity index (χ0n) is 20.6. The van der Waals surface area contributed by atoms with Crippen molar-refractivity contribution < 1.29 is 19.1 Å². The number of rotatable bonds is 8. The molecule has 1 saturated heterocycles. The Kier molecular flexibility index (Phi) is 7.38. The number of pyridine rings is 1. The van der Waals surface area contributed by atoms with Crippen molar-refractivity contribution in [1.29, 1.82) is 0 Å². The zero-order chi connectivity index (χ0) is 25.8. The van der Waals surface area contributed by atoms with Crippen LogP contribution >= 0.6 is 11.6 Å². The fraction of sp³-hybridized carbons (Fsp3) is 0.423. The predicted molar refractivity (Wildman–Crippen MR) is 141 cm³/mol. The van der Waals surface area contributed by atoms with Gasteiger partial charge in [0.1, 0.15) is 31.1 Å². The minimum atomic E-state index is -0.486. The number of anilines is 3. The second-order valence-corrected chi connectivity index (χ2v) is 10.1. The number of carbonyl (C=O) groups excluding carboxylic acids is 2. The van der Waals surface area contributed by atoms with Crippen LogP contribution in [0.2, 0.25) is 5.02 Å². The molecule has 0 atom stereocenters. The smallest absolute Gasteiger partial charge is 0.357 e. The minimum absolute atomic E-state index is 0.0296. The summed E-state index contributed by atoms with van der Waals surface area (Å²) in [5, 5.41) is 7.28. The third-order valence-corrected chi connectivity index (χ3v) is 7.37. The molecule has 0 bridgehead atoms. The lowest BCUT2D eigenvalue weighted by Gasteiger charge is -2.37. The van der Waals surface area contributed by atoms with E-state index in [0.29, 0.717) is 52.1 Å². The molecule has 11 heteroatoms. The molecule has 3 heterocycles. The number of aromatic nitrogens is 3. The maximum absolute atomic E-state index is 13.5. The van der Waals surface area contributed by atoms with E-state index in [0.717, 1.165) is 44.9 Å². The van der Waals surface area contributed by atoms with Gasteiger partial charge in [0.2, 0.25) is 11.7 Å². The van der Waals surface area contributed by atoms with Gasteiger partial charge in [-0.3, -0.25) is 4.79 Å². The van der Waals surface area contributed by atoms with Gasteiger partial charge in [-0.25, -0.2) is 19.7 Å². The molecule has 37 heavy (non-hydrogen) atoms. The molecule has 5 rings (SSSR count). The molecule has 1 aromatic carbocycles. The number of nitrogens with zero attached hydrogens (tertiary/aromatic N) is 4. The fourth-order valence-electron chi connectivity index (χ4n) is 5.20. The third kappa shape index (κ3) is 5.60. The first kappa shape index (κ1) is 25.2. The molecule has 0 spiro atoms. The molecular formula is C26H31ClN7O3+. The second kappa shape index (κ2) is 10.9. The van der Waals surface area contributed by atoms with Gasteiger partial charge in [0, 0.05) is 23.9 Å². The number of hydrogen-bond donors (Lipinski definition) is 3. The number of piperidine rings is 1. The zero-order valence-corrected chi connectivity index (χ0v) is 21.3. The highest BCUT2D eigenvalue weighted by Gasteiger charge is 2.46. The second-order valence-electron chi connectivity index (χ2n) is 9.71. The SMILES string of the molecule is NC(=O)CNc1cc2c(Nc3ccc(O[N+]4(C(=O)C5CCCC5)CCCCC4)c(Cl)c3)ncnc2cn1. The Morgan fingerprint density at radius 3 is 2.57 bits per heavy atom. The van der Waals surface area contributed by atoms with E-state index in [-0.39, 0.29) is 23.0 Å². The van der Waals surface area contributed by atoms with Crippen molar-refractivity contribution in [2.24, 2.45) is 11.7 Å². The van der Waals surface area contributed by atoms with Gasteiger partial charge in [-0.1, -0.05) is 29.1 Å². The Morgan fingerprint density at radius 2 is 1.84 bits per heavy atom. The molecule has 1 aliphatic carbocycles. The van der Waals surface area contributed by atoms with E-state index in [1.165, 1.54) is 6.33 Å². The number of primary amides is 1. The number of nitrogens with one attached hydrogen (secondary N) is 2. The summed E-state index contributed by atoms with van der Waals surface area (Å²) in [6, 6.07) is 7.16. The summed E-state index contributed by atoms with van der Waals surface area (Å²) in [5.74, 6) is 1.30. The van der Waals surface area contributed by atoms with E-state index in [1.54, 1.807) is 24.4 Å². The maximum atomic E-state index is 13.5. The number of hydroxylamine groups is 3. The van der Waals surface area contributed by atoms with Crippen LogP contribution in [0.4, 0.5) is 17.3 Å². The number of quaternary nitrogens is 1. The van der Waals surface area contributed by atoms with Crippen LogP contribution < -0.4 is 21.2 Å². The van der Waals surface area contributed by atoms with Crippen molar-refractivity contribution in [2.75, 3.05) is 30.3 Å². The molecule has 2 aromatic heterocycles. The van der Waals surface area contributed by atoms with Crippen LogP contribution in [0, 0.1) is 5.92 Å². The van der Waals surface area contributed by atoms with Gasteiger partial charge < -0.3 is 21.2 Å². The number of amides is 2. The molecule has 10 nitrogen and oxygen atoms in total. The van der Waals surface area contributed by atoms with Gasteiger partial charge >= 0.3 is 5.91 Å². The largest absolute Gasteiger partial charge is 0.368 e. The molecule has 3 aromatic rings. The molecule has 2 aliphatic rings. The lowest BCUT2D eigenvalue weighted by atomic mass is 10.0. The summed E-state index contributed by atoms with van der Waals surface area (Å²) in [7, 11) is 0. The summed E-state index contributed by atoms with van der Waals surface area (Å²) in [4.78, 5) is 43.9. The van der Waals surface area contributed by atoms with Gasteiger partial charge in [0.25, 0.3) is 0 Å². The number of halogens is 1. The van der Waals surface area contributed by atoms with Crippen LogP contribution in [-0.4, -0.2) is 51.0 Å². The normalized spacial score (nSPS) is 17.4. The monoisotopic (exact) mass is 524 g/mol. The van der Waals surface area contributed by atoms with Crippen molar-refractivity contribution >= 4 is 51.6 Å². The number of fused-ring (bicyclic) bond motifs is 1. The molecule has 4 N–H and O–H groups in total. The lowest BCUT2D eigenvalue weighted by Crippen LogP contribution is -2.60. The fourth-order valence-corrected chi connectivity index (χ4v) is 5.41. The minimum Gasteiger partial charge on any atom is -0.368 e. The Labute approximate surface area is 220 Å². The molecular weight excluding hydrogens is 494 g/mol. The summed E-state index contributed by atoms with van der Waals surface area (Å²) in [6.07, 6.45) is 10.2. The van der Waals surface area contributed by atoms with Crippen molar-refractivity contribution in [2.45, 2.75) is 44.9 Å². The summed E-state index contributed by atoms with van der Waals surface area (Å²) < 4.78 is 0.0296. The van der Waals surface area contributed by atoms with Crippen LogP contribution in [0.15, 0.2) is 36.8 Å². The first-order valence-corrected chi connectivity index (χ1v) is 13.1.